The van der Waals surface area contributed by atoms with Gasteiger partial charge in [0.1, 0.15) is 11.6 Å². The number of rotatable bonds is 4. The zero-order valence-corrected chi connectivity index (χ0v) is 13.9. The molecule has 2 aromatic carbocycles. The van der Waals surface area contributed by atoms with E-state index in [0.717, 1.165) is 11.1 Å². The highest BCUT2D eigenvalue weighted by atomic mass is 19.1. The first-order chi connectivity index (χ1) is 10.9. The molecule has 0 radical (unpaired) electrons. The van der Waals surface area contributed by atoms with Crippen molar-refractivity contribution in [2.45, 2.75) is 39.8 Å². The molecule has 0 aromatic heterocycles. The number of carbonyl (C=O) groups is 1. The molecule has 2 rings (SSSR count). The minimum Gasteiger partial charge on any atom is -0.410 e. The summed E-state index contributed by atoms with van der Waals surface area (Å²) >= 11 is 0. The molecule has 0 saturated carbocycles. The zero-order valence-electron chi connectivity index (χ0n) is 13.9. The summed E-state index contributed by atoms with van der Waals surface area (Å²) in [6.45, 7) is 7.81. The number of carbonyl (C=O) groups excluding carboxylic acids is 1. The van der Waals surface area contributed by atoms with E-state index in [2.05, 4.69) is 0 Å². The molecular weight excluding hydrogens is 293 g/mol. The van der Waals surface area contributed by atoms with E-state index in [9.17, 15) is 9.18 Å². The number of ether oxygens (including phenoxy) is 1. The summed E-state index contributed by atoms with van der Waals surface area (Å²) in [5.41, 5.74) is 1.56. The number of benzene rings is 2. The van der Waals surface area contributed by atoms with Crippen molar-refractivity contribution in [3.8, 4) is 16.9 Å². The maximum absolute atomic E-state index is 13.1. The van der Waals surface area contributed by atoms with Crippen LogP contribution in [0.25, 0.3) is 11.1 Å². The third kappa shape index (κ3) is 4.09. The highest BCUT2D eigenvalue weighted by Gasteiger charge is 2.23. The Kier molecular flexibility index (Phi) is 5.37. The molecule has 0 bridgehead atoms. The van der Waals surface area contributed by atoms with E-state index >= 15 is 0 Å². The number of amides is 1. The summed E-state index contributed by atoms with van der Waals surface area (Å²) in [7, 11) is 0. The minimum absolute atomic E-state index is 0.0421. The summed E-state index contributed by atoms with van der Waals surface area (Å²) in [6.07, 6.45) is -0.385. The van der Waals surface area contributed by atoms with Crippen molar-refractivity contribution < 1.29 is 13.9 Å². The third-order valence-corrected chi connectivity index (χ3v) is 3.56. The van der Waals surface area contributed by atoms with Crippen molar-refractivity contribution in [2.75, 3.05) is 0 Å². The number of para-hydroxylation sites is 1. The van der Waals surface area contributed by atoms with Crippen molar-refractivity contribution in [2.24, 2.45) is 0 Å². The smallest absolute Gasteiger partial charge is 0.410 e. The van der Waals surface area contributed by atoms with Crippen LogP contribution in [0.3, 0.4) is 0 Å². The van der Waals surface area contributed by atoms with Crippen molar-refractivity contribution in [1.29, 1.82) is 0 Å². The molecule has 0 atom stereocenters. The lowest BCUT2D eigenvalue weighted by atomic mass is 10.0. The fourth-order valence-corrected chi connectivity index (χ4v) is 2.59. The maximum Gasteiger partial charge on any atom is 0.415 e. The van der Waals surface area contributed by atoms with Gasteiger partial charge in [-0.2, -0.15) is 0 Å². The monoisotopic (exact) mass is 315 g/mol. The van der Waals surface area contributed by atoms with Crippen molar-refractivity contribution in [3.63, 3.8) is 0 Å². The molecule has 0 unspecified atom stereocenters. The molecule has 1 amide bonds. The van der Waals surface area contributed by atoms with Gasteiger partial charge in [0.15, 0.2) is 0 Å². The Labute approximate surface area is 136 Å². The Morgan fingerprint density at radius 3 is 2.09 bits per heavy atom. The van der Waals surface area contributed by atoms with Gasteiger partial charge in [0, 0.05) is 17.6 Å². The van der Waals surface area contributed by atoms with Gasteiger partial charge in [0.05, 0.1) is 0 Å². The van der Waals surface area contributed by atoms with Crippen LogP contribution >= 0.6 is 0 Å². The molecular formula is C19H22FNO2. The largest absolute Gasteiger partial charge is 0.415 e. The van der Waals surface area contributed by atoms with Gasteiger partial charge >= 0.3 is 6.09 Å². The fourth-order valence-electron chi connectivity index (χ4n) is 2.59. The van der Waals surface area contributed by atoms with Gasteiger partial charge in [-0.05, 0) is 51.5 Å². The second-order valence-corrected chi connectivity index (χ2v) is 5.97. The van der Waals surface area contributed by atoms with Crippen LogP contribution in [0.2, 0.25) is 0 Å². The average Bonchev–Trinajstić information content (AvgIpc) is 2.48. The summed E-state index contributed by atoms with van der Waals surface area (Å²) < 4.78 is 18.7. The zero-order chi connectivity index (χ0) is 17.0. The molecule has 2 aromatic rings. The van der Waals surface area contributed by atoms with Gasteiger partial charge in [-0.3, -0.25) is 0 Å². The highest BCUT2D eigenvalue weighted by Crippen LogP contribution is 2.30. The first kappa shape index (κ1) is 17.0. The molecule has 3 nitrogen and oxygen atoms in total. The number of nitrogens with zero attached hydrogens (tertiary/aromatic N) is 1. The van der Waals surface area contributed by atoms with Gasteiger partial charge < -0.3 is 9.64 Å². The van der Waals surface area contributed by atoms with Gasteiger partial charge in [-0.1, -0.05) is 30.3 Å². The lowest BCUT2D eigenvalue weighted by Gasteiger charge is -2.29. The van der Waals surface area contributed by atoms with E-state index in [1.54, 1.807) is 23.1 Å². The second kappa shape index (κ2) is 7.27. The van der Waals surface area contributed by atoms with E-state index in [0.29, 0.717) is 5.75 Å². The van der Waals surface area contributed by atoms with Crippen LogP contribution in [-0.2, 0) is 0 Å². The van der Waals surface area contributed by atoms with E-state index in [1.807, 2.05) is 45.9 Å². The van der Waals surface area contributed by atoms with Crippen LogP contribution in [0.4, 0.5) is 9.18 Å². The predicted octanol–water partition coefficient (Wildman–Crippen LogP) is 5.11. The number of hydrogen-bond acceptors (Lipinski definition) is 2. The molecule has 0 heterocycles. The molecule has 0 spiro atoms. The average molecular weight is 315 g/mol. The lowest BCUT2D eigenvalue weighted by molar-refractivity contribution is 0.123. The predicted molar refractivity (Wildman–Crippen MR) is 90.0 cm³/mol. The first-order valence-corrected chi connectivity index (χ1v) is 7.75. The Bertz CT molecular complexity index is 657. The van der Waals surface area contributed by atoms with Crippen molar-refractivity contribution >= 4 is 6.09 Å². The Hall–Kier alpha value is -2.36. The van der Waals surface area contributed by atoms with Crippen LogP contribution < -0.4 is 4.74 Å². The summed E-state index contributed by atoms with van der Waals surface area (Å²) in [5.74, 6) is 0.171. The SMILES string of the molecule is CC(C)N(C(=O)Oc1ccccc1-c1ccc(F)cc1)C(C)C. The second-order valence-electron chi connectivity index (χ2n) is 5.97. The molecule has 0 N–H and O–H groups in total. The Morgan fingerprint density at radius 1 is 0.957 bits per heavy atom. The first-order valence-electron chi connectivity index (χ1n) is 7.75. The quantitative estimate of drug-likeness (QED) is 0.784. The molecule has 0 aliphatic heterocycles. The molecule has 0 aliphatic carbocycles. The lowest BCUT2D eigenvalue weighted by Crippen LogP contribution is -2.43. The fraction of sp³-hybridized carbons (Fsp3) is 0.316. The van der Waals surface area contributed by atoms with Gasteiger partial charge in [0.2, 0.25) is 0 Å². The molecule has 4 heteroatoms. The van der Waals surface area contributed by atoms with Gasteiger partial charge in [-0.15, -0.1) is 0 Å². The molecule has 23 heavy (non-hydrogen) atoms. The normalized spacial score (nSPS) is 10.9. The van der Waals surface area contributed by atoms with Crippen molar-refractivity contribution in [1.82, 2.24) is 4.90 Å². The van der Waals surface area contributed by atoms with E-state index in [1.165, 1.54) is 12.1 Å². The molecule has 0 fully saturated rings. The van der Waals surface area contributed by atoms with E-state index in [-0.39, 0.29) is 24.0 Å². The number of hydrogen-bond donors (Lipinski definition) is 0. The summed E-state index contributed by atoms with van der Waals surface area (Å²) in [4.78, 5) is 14.2. The van der Waals surface area contributed by atoms with E-state index < -0.39 is 0 Å². The maximum atomic E-state index is 13.1. The van der Waals surface area contributed by atoms with Crippen LogP contribution in [-0.4, -0.2) is 23.1 Å². The topological polar surface area (TPSA) is 29.5 Å². The Morgan fingerprint density at radius 2 is 1.52 bits per heavy atom. The number of halogens is 1. The summed E-state index contributed by atoms with van der Waals surface area (Å²) in [5, 5.41) is 0. The van der Waals surface area contributed by atoms with Crippen LogP contribution in [0.5, 0.6) is 5.75 Å². The summed E-state index contributed by atoms with van der Waals surface area (Å²) in [6, 6.07) is 13.5. The Balaban J connectivity index is 2.30. The van der Waals surface area contributed by atoms with Crippen LogP contribution in [0, 0.1) is 5.82 Å². The third-order valence-electron chi connectivity index (χ3n) is 3.56. The van der Waals surface area contributed by atoms with Crippen molar-refractivity contribution in [3.05, 3.63) is 54.3 Å². The van der Waals surface area contributed by atoms with Crippen LogP contribution in [0.1, 0.15) is 27.7 Å². The van der Waals surface area contributed by atoms with Crippen LogP contribution in [0.15, 0.2) is 48.5 Å². The molecule has 122 valence electrons. The standard InChI is InChI=1S/C19H22FNO2/c1-13(2)21(14(3)4)19(22)23-18-8-6-5-7-17(18)15-9-11-16(20)12-10-15/h5-14H,1-4H3. The van der Waals surface area contributed by atoms with E-state index in [4.69, 9.17) is 4.74 Å². The van der Waals surface area contributed by atoms with Gasteiger partial charge in [0.25, 0.3) is 0 Å². The minimum atomic E-state index is -0.385. The molecule has 0 saturated heterocycles. The highest BCUT2D eigenvalue weighted by molar-refractivity contribution is 5.77. The van der Waals surface area contributed by atoms with Gasteiger partial charge in [-0.25, -0.2) is 9.18 Å². The molecule has 0 aliphatic rings.